The van der Waals surface area contributed by atoms with Crippen LogP contribution in [0, 0.1) is 12.1 Å². The summed E-state index contributed by atoms with van der Waals surface area (Å²) in [6.45, 7) is 0. The average Bonchev–Trinajstić information content (AvgIpc) is 2.70. The zero-order valence-electron chi connectivity index (χ0n) is 13.7. The molecule has 0 saturated carbocycles. The summed E-state index contributed by atoms with van der Waals surface area (Å²) >= 11 is 1.60. The molecule has 2 nitrogen and oxygen atoms in total. The van der Waals surface area contributed by atoms with Crippen LogP contribution in [-0.4, -0.2) is 9.97 Å². The van der Waals surface area contributed by atoms with Gasteiger partial charge < -0.3 is 0 Å². The van der Waals surface area contributed by atoms with Gasteiger partial charge in [-0.15, -0.1) is 24.3 Å². The molecule has 0 saturated heterocycles. The SMILES string of the molecule is [Pt+2].[c-]1ccccc1Sc1cccc(-c2[c-]c(-c3ccccn3)ccc2)n1. The number of hydrogen-bond acceptors (Lipinski definition) is 3. The molecular weight excluding hydrogens is 519 g/mol. The fourth-order valence-electron chi connectivity index (χ4n) is 2.46. The van der Waals surface area contributed by atoms with Crippen molar-refractivity contribution in [2.45, 2.75) is 9.92 Å². The normalized spacial score (nSPS) is 10.2. The molecule has 4 rings (SSSR count). The molecule has 0 aliphatic carbocycles. The molecule has 0 atom stereocenters. The van der Waals surface area contributed by atoms with E-state index in [9.17, 15) is 0 Å². The Labute approximate surface area is 172 Å². The third-order valence-corrected chi connectivity index (χ3v) is 4.54. The number of aromatic nitrogens is 2. The maximum atomic E-state index is 4.76. The van der Waals surface area contributed by atoms with E-state index in [-0.39, 0.29) is 21.1 Å². The Morgan fingerprint density at radius 1 is 0.731 bits per heavy atom. The summed E-state index contributed by atoms with van der Waals surface area (Å²) in [5.41, 5.74) is 3.74. The molecule has 2 aromatic carbocycles. The van der Waals surface area contributed by atoms with Crippen molar-refractivity contribution < 1.29 is 21.1 Å². The molecule has 0 aliphatic heterocycles. The summed E-state index contributed by atoms with van der Waals surface area (Å²) in [7, 11) is 0. The molecule has 2 aromatic heterocycles. The first kappa shape index (κ1) is 18.6. The molecule has 26 heavy (non-hydrogen) atoms. The predicted molar refractivity (Wildman–Crippen MR) is 101 cm³/mol. The molecule has 0 amide bonds. The van der Waals surface area contributed by atoms with Crippen molar-refractivity contribution in [1.29, 1.82) is 0 Å². The summed E-state index contributed by atoms with van der Waals surface area (Å²) in [5, 5.41) is 0.941. The Kier molecular flexibility index (Phi) is 6.38. The van der Waals surface area contributed by atoms with Crippen LogP contribution < -0.4 is 0 Å². The minimum Gasteiger partial charge on any atom is -0.295 e. The quantitative estimate of drug-likeness (QED) is 0.322. The maximum absolute atomic E-state index is 4.76. The van der Waals surface area contributed by atoms with Gasteiger partial charge in [-0.2, -0.15) is 30.3 Å². The van der Waals surface area contributed by atoms with Crippen LogP contribution in [0.3, 0.4) is 0 Å². The maximum Gasteiger partial charge on any atom is 2.00 e. The van der Waals surface area contributed by atoms with E-state index in [1.165, 1.54) is 0 Å². The molecule has 0 bridgehead atoms. The Bertz CT molecular complexity index is 975. The molecule has 0 spiro atoms. The van der Waals surface area contributed by atoms with Crippen LogP contribution in [0.5, 0.6) is 0 Å². The average molecular weight is 534 g/mol. The van der Waals surface area contributed by atoms with Crippen molar-refractivity contribution in [3.05, 3.63) is 97.2 Å². The summed E-state index contributed by atoms with van der Waals surface area (Å²) in [5.74, 6) is 0. The van der Waals surface area contributed by atoms with Crippen molar-refractivity contribution in [2.75, 3.05) is 0 Å². The van der Waals surface area contributed by atoms with Gasteiger partial charge in [-0.1, -0.05) is 52.0 Å². The third kappa shape index (κ3) is 4.49. The van der Waals surface area contributed by atoms with E-state index in [0.29, 0.717) is 0 Å². The van der Waals surface area contributed by atoms with Gasteiger partial charge in [0.2, 0.25) is 0 Å². The van der Waals surface area contributed by atoms with Crippen molar-refractivity contribution >= 4 is 11.8 Å². The molecule has 4 heteroatoms. The molecule has 4 aromatic rings. The van der Waals surface area contributed by atoms with E-state index in [1.54, 1.807) is 18.0 Å². The third-order valence-electron chi connectivity index (χ3n) is 3.63. The number of rotatable bonds is 4. The fraction of sp³-hybridized carbons (Fsp3) is 0. The topological polar surface area (TPSA) is 25.8 Å². The minimum atomic E-state index is 0. The van der Waals surface area contributed by atoms with Gasteiger partial charge in [0.25, 0.3) is 0 Å². The molecular formula is C22H14N2PtS. The number of hydrogen-bond donors (Lipinski definition) is 0. The van der Waals surface area contributed by atoms with Crippen LogP contribution in [0.2, 0.25) is 0 Å². The molecule has 2 heterocycles. The van der Waals surface area contributed by atoms with Crippen LogP contribution >= 0.6 is 11.8 Å². The smallest absolute Gasteiger partial charge is 0.295 e. The van der Waals surface area contributed by atoms with E-state index in [0.717, 1.165) is 32.4 Å². The molecule has 0 fully saturated rings. The van der Waals surface area contributed by atoms with E-state index < -0.39 is 0 Å². The van der Waals surface area contributed by atoms with Gasteiger partial charge in [0.05, 0.1) is 5.03 Å². The van der Waals surface area contributed by atoms with Gasteiger partial charge >= 0.3 is 21.1 Å². The zero-order valence-corrected chi connectivity index (χ0v) is 16.8. The van der Waals surface area contributed by atoms with E-state index in [4.69, 9.17) is 4.98 Å². The molecule has 128 valence electrons. The molecule has 0 N–H and O–H groups in total. The summed E-state index contributed by atoms with van der Waals surface area (Å²) in [4.78, 5) is 10.2. The van der Waals surface area contributed by atoms with E-state index in [2.05, 4.69) is 17.1 Å². The van der Waals surface area contributed by atoms with Gasteiger partial charge in [-0.25, -0.2) is 0 Å². The molecule has 0 aliphatic rings. The van der Waals surface area contributed by atoms with E-state index in [1.807, 2.05) is 78.9 Å². The first-order valence-electron chi connectivity index (χ1n) is 7.94. The first-order chi connectivity index (χ1) is 12.4. The summed E-state index contributed by atoms with van der Waals surface area (Å²) in [6, 6.07) is 32.5. The Hall–Kier alpha value is -2.22. The minimum absolute atomic E-state index is 0. The summed E-state index contributed by atoms with van der Waals surface area (Å²) in [6.07, 6.45) is 1.79. The Morgan fingerprint density at radius 2 is 1.50 bits per heavy atom. The van der Waals surface area contributed by atoms with Gasteiger partial charge in [0, 0.05) is 17.6 Å². The number of pyridine rings is 2. The first-order valence-corrected chi connectivity index (χ1v) is 8.76. The number of nitrogens with zero attached hydrogens (tertiary/aromatic N) is 2. The van der Waals surface area contributed by atoms with Crippen molar-refractivity contribution in [2.24, 2.45) is 0 Å². The molecule has 0 radical (unpaired) electrons. The Morgan fingerprint density at radius 3 is 2.27 bits per heavy atom. The fourth-order valence-corrected chi connectivity index (χ4v) is 3.25. The van der Waals surface area contributed by atoms with Gasteiger partial charge in [-0.3, -0.25) is 9.97 Å². The van der Waals surface area contributed by atoms with Crippen molar-refractivity contribution in [1.82, 2.24) is 9.97 Å². The second-order valence-electron chi connectivity index (χ2n) is 5.38. The van der Waals surface area contributed by atoms with Crippen LogP contribution in [0.1, 0.15) is 0 Å². The van der Waals surface area contributed by atoms with Crippen LogP contribution in [-0.2, 0) is 21.1 Å². The van der Waals surface area contributed by atoms with Crippen LogP contribution in [0.25, 0.3) is 22.5 Å². The van der Waals surface area contributed by atoms with Crippen molar-refractivity contribution in [3.63, 3.8) is 0 Å². The largest absolute Gasteiger partial charge is 2.00 e. The van der Waals surface area contributed by atoms with Gasteiger partial charge in [0.15, 0.2) is 0 Å². The van der Waals surface area contributed by atoms with Crippen molar-refractivity contribution in [3.8, 4) is 22.5 Å². The van der Waals surface area contributed by atoms with Crippen LogP contribution in [0.15, 0.2) is 95.0 Å². The predicted octanol–water partition coefficient (Wildman–Crippen LogP) is 5.56. The molecule has 0 unspecified atom stereocenters. The second-order valence-corrected chi connectivity index (χ2v) is 6.45. The standard InChI is InChI=1S/C22H14N2S.Pt/c1-2-10-19(11-3-1)25-22-14-7-13-21(24-22)18-9-6-8-17(16-18)20-12-4-5-15-23-20;/h1-10,12-15H;/q-2;+2. The van der Waals surface area contributed by atoms with Crippen LogP contribution in [0.4, 0.5) is 0 Å². The van der Waals surface area contributed by atoms with Gasteiger partial charge in [0.1, 0.15) is 0 Å². The monoisotopic (exact) mass is 533 g/mol. The summed E-state index contributed by atoms with van der Waals surface area (Å²) < 4.78 is 0. The zero-order chi connectivity index (χ0) is 16.9. The second kappa shape index (κ2) is 8.93. The van der Waals surface area contributed by atoms with E-state index >= 15 is 0 Å². The Balaban J connectivity index is 0.00000196. The number of benzene rings is 2. The van der Waals surface area contributed by atoms with Gasteiger partial charge in [-0.05, 0) is 12.1 Å².